The summed E-state index contributed by atoms with van der Waals surface area (Å²) in [6.07, 6.45) is -0.635. The van der Waals surface area contributed by atoms with Gasteiger partial charge < -0.3 is 10.4 Å². The van der Waals surface area contributed by atoms with Gasteiger partial charge in [-0.25, -0.2) is 9.18 Å². The molecule has 0 spiro atoms. The number of aliphatic hydroxyl groups excluding tert-OH is 1. The van der Waals surface area contributed by atoms with Gasteiger partial charge >= 0.3 is 5.69 Å². The molecule has 0 saturated carbocycles. The Morgan fingerprint density at radius 1 is 1.27 bits per heavy atom. The number of anilines is 1. The smallest absolute Gasteiger partial charge is 0.332 e. The molecule has 0 saturated heterocycles. The average Bonchev–Trinajstić information content (AvgIpc) is 2.95. The van der Waals surface area contributed by atoms with Crippen LogP contribution in [0.25, 0.3) is 11.2 Å². The standard InChI is InChI=1S/C17H20FN5O3/c1-10(24)8-19-16-20-14-13(15(25)22(3)17(26)21(14)2)23(16)9-11-5-4-6-12(18)7-11/h4-7,10,24H,8-9H2,1-3H3,(H,19,20)/t10-/m0/s1. The second-order valence-corrected chi connectivity index (χ2v) is 6.26. The molecule has 0 aliphatic rings. The molecular weight excluding hydrogens is 341 g/mol. The first-order chi connectivity index (χ1) is 12.3. The van der Waals surface area contributed by atoms with Gasteiger partial charge in [0.2, 0.25) is 5.95 Å². The van der Waals surface area contributed by atoms with Crippen molar-refractivity contribution >= 4 is 17.1 Å². The lowest BCUT2D eigenvalue weighted by atomic mass is 10.2. The zero-order valence-corrected chi connectivity index (χ0v) is 14.7. The van der Waals surface area contributed by atoms with E-state index in [2.05, 4.69) is 10.3 Å². The van der Waals surface area contributed by atoms with Crippen molar-refractivity contribution in [2.75, 3.05) is 11.9 Å². The largest absolute Gasteiger partial charge is 0.392 e. The van der Waals surface area contributed by atoms with Gasteiger partial charge in [-0.15, -0.1) is 0 Å². The van der Waals surface area contributed by atoms with E-state index in [1.54, 1.807) is 23.6 Å². The zero-order chi connectivity index (χ0) is 19.0. The van der Waals surface area contributed by atoms with Gasteiger partial charge in [0.05, 0.1) is 12.6 Å². The lowest BCUT2D eigenvalue weighted by Crippen LogP contribution is -2.37. The van der Waals surface area contributed by atoms with Gasteiger partial charge in [-0.3, -0.25) is 18.5 Å². The fourth-order valence-corrected chi connectivity index (χ4v) is 2.79. The van der Waals surface area contributed by atoms with Gasteiger partial charge in [0.1, 0.15) is 5.82 Å². The monoisotopic (exact) mass is 361 g/mol. The molecule has 9 heteroatoms. The van der Waals surface area contributed by atoms with Gasteiger partial charge in [0.15, 0.2) is 11.2 Å². The number of nitrogens with one attached hydrogen (secondary N) is 1. The van der Waals surface area contributed by atoms with Crippen molar-refractivity contribution in [3.8, 4) is 0 Å². The number of nitrogens with zero attached hydrogens (tertiary/aromatic N) is 4. The van der Waals surface area contributed by atoms with Crippen LogP contribution in [-0.4, -0.2) is 36.4 Å². The number of aliphatic hydroxyl groups is 1. The second-order valence-electron chi connectivity index (χ2n) is 6.26. The number of hydrogen-bond acceptors (Lipinski definition) is 5. The van der Waals surface area contributed by atoms with Crippen molar-refractivity contribution in [3.05, 3.63) is 56.5 Å². The van der Waals surface area contributed by atoms with Crippen molar-refractivity contribution in [2.24, 2.45) is 14.1 Å². The van der Waals surface area contributed by atoms with Crippen molar-refractivity contribution in [1.82, 2.24) is 18.7 Å². The first-order valence-electron chi connectivity index (χ1n) is 8.12. The van der Waals surface area contributed by atoms with Gasteiger partial charge in [0.25, 0.3) is 5.56 Å². The Kier molecular flexibility index (Phi) is 4.64. The number of imidazole rings is 1. The summed E-state index contributed by atoms with van der Waals surface area (Å²) in [5.74, 6) is -0.0609. The topological polar surface area (TPSA) is 94.1 Å². The number of aryl methyl sites for hydroxylation is 1. The minimum absolute atomic E-state index is 0.184. The summed E-state index contributed by atoms with van der Waals surface area (Å²) in [5.41, 5.74) is 0.118. The van der Waals surface area contributed by atoms with E-state index in [4.69, 9.17) is 0 Å². The maximum atomic E-state index is 13.5. The molecule has 0 amide bonds. The normalized spacial score (nSPS) is 12.5. The van der Waals surface area contributed by atoms with Crippen molar-refractivity contribution in [1.29, 1.82) is 0 Å². The molecule has 2 heterocycles. The van der Waals surface area contributed by atoms with Gasteiger partial charge in [0, 0.05) is 20.6 Å². The van der Waals surface area contributed by atoms with Crippen LogP contribution in [0.4, 0.5) is 10.3 Å². The summed E-state index contributed by atoms with van der Waals surface area (Å²) < 4.78 is 17.4. The van der Waals surface area contributed by atoms with E-state index in [9.17, 15) is 19.1 Å². The fourth-order valence-electron chi connectivity index (χ4n) is 2.79. The van der Waals surface area contributed by atoms with Crippen molar-refractivity contribution in [3.63, 3.8) is 0 Å². The van der Waals surface area contributed by atoms with E-state index in [1.807, 2.05) is 0 Å². The van der Waals surface area contributed by atoms with E-state index < -0.39 is 17.4 Å². The molecular formula is C17H20FN5O3. The highest BCUT2D eigenvalue weighted by Crippen LogP contribution is 2.18. The quantitative estimate of drug-likeness (QED) is 0.687. The minimum Gasteiger partial charge on any atom is -0.392 e. The molecule has 0 aliphatic heterocycles. The van der Waals surface area contributed by atoms with Crippen molar-refractivity contribution in [2.45, 2.75) is 19.6 Å². The maximum Gasteiger partial charge on any atom is 0.332 e. The van der Waals surface area contributed by atoms with Crippen molar-refractivity contribution < 1.29 is 9.50 Å². The number of hydrogen-bond donors (Lipinski definition) is 2. The number of aromatic nitrogens is 4. The predicted molar refractivity (Wildman–Crippen MR) is 95.9 cm³/mol. The maximum absolute atomic E-state index is 13.5. The fraction of sp³-hybridized carbons (Fsp3) is 0.353. The molecule has 1 aromatic carbocycles. The molecule has 138 valence electrons. The highest BCUT2D eigenvalue weighted by atomic mass is 19.1. The molecule has 2 N–H and O–H groups in total. The Labute approximate surface area is 148 Å². The Hall–Kier alpha value is -2.94. The summed E-state index contributed by atoms with van der Waals surface area (Å²) in [5, 5.41) is 12.5. The lowest BCUT2D eigenvalue weighted by Gasteiger charge is -2.12. The second kappa shape index (κ2) is 6.75. The third kappa shape index (κ3) is 3.13. The highest BCUT2D eigenvalue weighted by Gasteiger charge is 2.19. The first kappa shape index (κ1) is 17.9. The average molecular weight is 361 g/mol. The third-order valence-electron chi connectivity index (χ3n) is 4.13. The minimum atomic E-state index is -0.635. The molecule has 0 fully saturated rings. The first-order valence-corrected chi connectivity index (χ1v) is 8.12. The van der Waals surface area contributed by atoms with Crippen LogP contribution in [0.3, 0.4) is 0 Å². The molecule has 26 heavy (non-hydrogen) atoms. The Balaban J connectivity index is 2.24. The summed E-state index contributed by atoms with van der Waals surface area (Å²) in [4.78, 5) is 29.2. The third-order valence-corrected chi connectivity index (χ3v) is 4.13. The number of fused-ring (bicyclic) bond motifs is 1. The summed E-state index contributed by atoms with van der Waals surface area (Å²) in [7, 11) is 2.93. The SMILES string of the molecule is C[C@H](O)CNc1nc2c(c(=O)n(C)c(=O)n2C)n1Cc1cccc(F)c1. The highest BCUT2D eigenvalue weighted by molar-refractivity contribution is 5.74. The van der Waals surface area contributed by atoms with Crippen LogP contribution in [-0.2, 0) is 20.6 Å². The van der Waals surface area contributed by atoms with Crippen LogP contribution >= 0.6 is 0 Å². The molecule has 3 aromatic rings. The van der Waals surface area contributed by atoms with E-state index in [0.29, 0.717) is 11.5 Å². The zero-order valence-electron chi connectivity index (χ0n) is 14.7. The Bertz CT molecular complexity index is 1080. The summed E-state index contributed by atoms with van der Waals surface area (Å²) in [6, 6.07) is 6.03. The predicted octanol–water partition coefficient (Wildman–Crippen LogP) is 0.414. The van der Waals surface area contributed by atoms with Crippen LogP contribution < -0.4 is 16.6 Å². The number of benzene rings is 1. The van der Waals surface area contributed by atoms with E-state index >= 15 is 0 Å². The summed E-state index contributed by atoms with van der Waals surface area (Å²) >= 11 is 0. The number of halogens is 1. The van der Waals surface area contributed by atoms with Crippen LogP contribution in [0.2, 0.25) is 0 Å². The molecule has 0 aliphatic carbocycles. The Morgan fingerprint density at radius 2 is 2.00 bits per heavy atom. The lowest BCUT2D eigenvalue weighted by molar-refractivity contribution is 0.208. The number of rotatable bonds is 5. The molecule has 0 bridgehead atoms. The van der Waals surface area contributed by atoms with Crippen LogP contribution in [0, 0.1) is 5.82 Å². The molecule has 3 rings (SSSR count). The summed E-state index contributed by atoms with van der Waals surface area (Å²) in [6.45, 7) is 2.01. The van der Waals surface area contributed by atoms with Crippen LogP contribution in [0.15, 0.2) is 33.9 Å². The van der Waals surface area contributed by atoms with Crippen LogP contribution in [0.1, 0.15) is 12.5 Å². The van der Waals surface area contributed by atoms with Gasteiger partial charge in [-0.2, -0.15) is 4.98 Å². The molecule has 0 unspecified atom stereocenters. The van der Waals surface area contributed by atoms with E-state index in [0.717, 1.165) is 4.57 Å². The van der Waals surface area contributed by atoms with Gasteiger partial charge in [-0.05, 0) is 24.6 Å². The van der Waals surface area contributed by atoms with E-state index in [-0.39, 0.29) is 30.1 Å². The Morgan fingerprint density at radius 3 is 2.65 bits per heavy atom. The molecule has 8 nitrogen and oxygen atoms in total. The molecule has 2 aromatic heterocycles. The molecule has 1 atom stereocenters. The van der Waals surface area contributed by atoms with Gasteiger partial charge in [-0.1, -0.05) is 12.1 Å². The van der Waals surface area contributed by atoms with E-state index in [1.165, 1.54) is 30.8 Å². The van der Waals surface area contributed by atoms with Crippen LogP contribution in [0.5, 0.6) is 0 Å². The molecule has 0 radical (unpaired) electrons.